The van der Waals surface area contributed by atoms with E-state index in [-0.39, 0.29) is 23.6 Å². The number of amides is 1. The molecule has 1 N–H and O–H groups in total. The Morgan fingerprint density at radius 1 is 1.06 bits per heavy atom. The number of piperidine rings is 1. The summed E-state index contributed by atoms with van der Waals surface area (Å²) >= 11 is 0. The maximum absolute atomic E-state index is 13.7. The van der Waals surface area contributed by atoms with E-state index in [0.29, 0.717) is 13.1 Å². The molecule has 3 aromatic rings. The molecule has 5 heteroatoms. The highest BCUT2D eigenvalue weighted by molar-refractivity contribution is 5.92. The minimum Gasteiger partial charge on any atom is -0.497 e. The second kappa shape index (κ2) is 9.96. The molecule has 0 spiro atoms. The van der Waals surface area contributed by atoms with E-state index in [1.807, 2.05) is 30.3 Å². The van der Waals surface area contributed by atoms with Crippen molar-refractivity contribution < 1.29 is 13.9 Å². The van der Waals surface area contributed by atoms with Crippen LogP contribution in [-0.2, 0) is 11.3 Å². The van der Waals surface area contributed by atoms with Gasteiger partial charge in [0.25, 0.3) is 0 Å². The lowest BCUT2D eigenvalue weighted by molar-refractivity contribution is -0.121. The van der Waals surface area contributed by atoms with E-state index in [1.54, 1.807) is 19.2 Å². The number of anilines is 1. The number of ether oxygens (including phenoxy) is 1. The molecule has 4 rings (SSSR count). The van der Waals surface area contributed by atoms with Gasteiger partial charge in [-0.15, -0.1) is 0 Å². The van der Waals surface area contributed by atoms with E-state index in [4.69, 9.17) is 4.74 Å². The second-order valence-electron chi connectivity index (χ2n) is 8.59. The van der Waals surface area contributed by atoms with Crippen LogP contribution in [0.3, 0.4) is 0 Å². The minimum atomic E-state index is -0.233. The molecule has 1 saturated heterocycles. The predicted octanol–water partition coefficient (Wildman–Crippen LogP) is 5.39. The fourth-order valence-electron chi connectivity index (χ4n) is 4.49. The molecule has 0 aliphatic carbocycles. The van der Waals surface area contributed by atoms with Gasteiger partial charge in [-0.2, -0.15) is 0 Å². The summed E-state index contributed by atoms with van der Waals surface area (Å²) in [5.41, 5.74) is 4.13. The first-order chi connectivity index (χ1) is 15.5. The third-order valence-corrected chi connectivity index (χ3v) is 6.06. The molecule has 32 heavy (non-hydrogen) atoms. The van der Waals surface area contributed by atoms with Crippen molar-refractivity contribution in [3.05, 3.63) is 95.3 Å². The van der Waals surface area contributed by atoms with Crippen LogP contribution in [0.4, 0.5) is 10.1 Å². The summed E-state index contributed by atoms with van der Waals surface area (Å²) in [7, 11) is 1.62. The van der Waals surface area contributed by atoms with Crippen molar-refractivity contribution >= 4 is 11.6 Å². The molecule has 0 saturated carbocycles. The van der Waals surface area contributed by atoms with Crippen molar-refractivity contribution in [2.24, 2.45) is 5.92 Å². The van der Waals surface area contributed by atoms with Crippen molar-refractivity contribution in [2.45, 2.75) is 25.8 Å². The second-order valence-corrected chi connectivity index (χ2v) is 8.59. The van der Waals surface area contributed by atoms with Crippen LogP contribution in [0.25, 0.3) is 0 Å². The summed E-state index contributed by atoms with van der Waals surface area (Å²) in [4.78, 5) is 15.5. The Balaban J connectivity index is 1.53. The lowest BCUT2D eigenvalue weighted by atomic mass is 9.83. The first kappa shape index (κ1) is 22.0. The van der Waals surface area contributed by atoms with Crippen molar-refractivity contribution in [1.29, 1.82) is 0 Å². The Morgan fingerprint density at radius 2 is 1.84 bits per heavy atom. The molecule has 0 unspecified atom stereocenters. The quantitative estimate of drug-likeness (QED) is 0.568. The van der Waals surface area contributed by atoms with Gasteiger partial charge in [0.1, 0.15) is 11.6 Å². The van der Waals surface area contributed by atoms with Gasteiger partial charge in [0.2, 0.25) is 5.91 Å². The van der Waals surface area contributed by atoms with Crippen LogP contribution in [-0.4, -0.2) is 31.0 Å². The topological polar surface area (TPSA) is 41.6 Å². The Labute approximate surface area is 189 Å². The Bertz CT molecular complexity index is 1070. The van der Waals surface area contributed by atoms with Crippen molar-refractivity contribution in [1.82, 2.24) is 4.90 Å². The Morgan fingerprint density at radius 3 is 2.56 bits per heavy atom. The lowest BCUT2D eigenvalue weighted by Crippen LogP contribution is -2.43. The summed E-state index contributed by atoms with van der Waals surface area (Å²) in [6.45, 7) is 4.18. The summed E-state index contributed by atoms with van der Waals surface area (Å²) in [5.74, 6) is 0.607. The van der Waals surface area contributed by atoms with Gasteiger partial charge in [-0.25, -0.2) is 4.39 Å². The molecule has 166 valence electrons. The summed E-state index contributed by atoms with van der Waals surface area (Å²) in [6, 6.07) is 22.6. The van der Waals surface area contributed by atoms with Crippen LogP contribution in [0.2, 0.25) is 0 Å². The van der Waals surface area contributed by atoms with Crippen molar-refractivity contribution in [3.63, 3.8) is 0 Å². The normalized spacial score (nSPS) is 18.8. The van der Waals surface area contributed by atoms with Gasteiger partial charge in [-0.05, 0) is 66.8 Å². The standard InChI is InChI=1S/C27H29FN2O2/c1-19-5-3-7-21(13-19)22-15-23(27(31)29-25-9-11-26(32-2)12-10-25)18-30(17-22)16-20-6-4-8-24(28)14-20/h3-14,22-23H,15-18H2,1-2H3,(H,29,31)/t22-,23-/m0/s1. The first-order valence-corrected chi connectivity index (χ1v) is 11.0. The monoisotopic (exact) mass is 432 g/mol. The van der Waals surface area contributed by atoms with E-state index < -0.39 is 0 Å². The first-order valence-electron chi connectivity index (χ1n) is 11.0. The van der Waals surface area contributed by atoms with Crippen LogP contribution in [0, 0.1) is 18.7 Å². The summed E-state index contributed by atoms with van der Waals surface area (Å²) in [6.07, 6.45) is 0.783. The van der Waals surface area contributed by atoms with Crippen LogP contribution >= 0.6 is 0 Å². The molecular formula is C27H29FN2O2. The van der Waals surface area contributed by atoms with E-state index >= 15 is 0 Å². The number of benzene rings is 3. The van der Waals surface area contributed by atoms with Gasteiger partial charge in [0.05, 0.1) is 13.0 Å². The molecule has 0 bridgehead atoms. The maximum Gasteiger partial charge on any atom is 0.228 e. The fourth-order valence-corrected chi connectivity index (χ4v) is 4.49. The van der Waals surface area contributed by atoms with Gasteiger partial charge in [0, 0.05) is 25.3 Å². The van der Waals surface area contributed by atoms with E-state index in [0.717, 1.165) is 30.0 Å². The van der Waals surface area contributed by atoms with Gasteiger partial charge in [-0.3, -0.25) is 9.69 Å². The highest BCUT2D eigenvalue weighted by Crippen LogP contribution is 2.32. The highest BCUT2D eigenvalue weighted by Gasteiger charge is 2.32. The number of halogens is 1. The fraction of sp³-hybridized carbons (Fsp3) is 0.296. The molecule has 1 heterocycles. The smallest absolute Gasteiger partial charge is 0.228 e. The number of methoxy groups -OCH3 is 1. The average Bonchev–Trinajstić information content (AvgIpc) is 2.79. The van der Waals surface area contributed by atoms with Crippen LogP contribution in [0.5, 0.6) is 5.75 Å². The molecule has 1 amide bonds. The van der Waals surface area contributed by atoms with Gasteiger partial charge >= 0.3 is 0 Å². The number of hydrogen-bond acceptors (Lipinski definition) is 3. The zero-order valence-corrected chi connectivity index (χ0v) is 18.6. The minimum absolute atomic E-state index is 0.0109. The Kier molecular flexibility index (Phi) is 6.86. The molecule has 1 aliphatic rings. The zero-order valence-electron chi connectivity index (χ0n) is 18.6. The summed E-state index contributed by atoms with van der Waals surface area (Å²) in [5, 5.41) is 3.06. The van der Waals surface area contributed by atoms with E-state index in [2.05, 4.69) is 41.4 Å². The van der Waals surface area contributed by atoms with Crippen molar-refractivity contribution in [3.8, 4) is 5.75 Å². The van der Waals surface area contributed by atoms with E-state index in [9.17, 15) is 9.18 Å². The molecule has 0 radical (unpaired) electrons. The Hall–Kier alpha value is -3.18. The number of likely N-dealkylation sites (tertiary alicyclic amines) is 1. The third kappa shape index (κ3) is 5.54. The number of hydrogen-bond donors (Lipinski definition) is 1. The molecule has 1 aliphatic heterocycles. The number of carbonyl (C=O) groups excluding carboxylic acids is 1. The third-order valence-electron chi connectivity index (χ3n) is 6.06. The van der Waals surface area contributed by atoms with Crippen LogP contribution in [0.1, 0.15) is 29.0 Å². The zero-order chi connectivity index (χ0) is 22.5. The largest absolute Gasteiger partial charge is 0.497 e. The maximum atomic E-state index is 13.7. The summed E-state index contributed by atoms with van der Waals surface area (Å²) < 4.78 is 18.9. The van der Waals surface area contributed by atoms with Gasteiger partial charge < -0.3 is 10.1 Å². The average molecular weight is 433 g/mol. The highest BCUT2D eigenvalue weighted by atomic mass is 19.1. The molecule has 0 aromatic heterocycles. The SMILES string of the molecule is COc1ccc(NC(=O)[C@H]2C[C@H](c3cccc(C)c3)CN(Cc3cccc(F)c3)C2)cc1. The number of rotatable bonds is 6. The molecule has 4 nitrogen and oxygen atoms in total. The van der Waals surface area contributed by atoms with Crippen LogP contribution < -0.4 is 10.1 Å². The lowest BCUT2D eigenvalue weighted by Gasteiger charge is -2.37. The van der Waals surface area contributed by atoms with Gasteiger partial charge in [0.15, 0.2) is 0 Å². The number of nitrogens with one attached hydrogen (secondary N) is 1. The number of aryl methyl sites for hydroxylation is 1. The molecular weight excluding hydrogens is 403 g/mol. The molecule has 2 atom stereocenters. The van der Waals surface area contributed by atoms with Crippen molar-refractivity contribution in [2.75, 3.05) is 25.5 Å². The number of nitrogens with zero attached hydrogens (tertiary/aromatic N) is 1. The predicted molar refractivity (Wildman–Crippen MR) is 125 cm³/mol. The number of carbonyl (C=O) groups is 1. The van der Waals surface area contributed by atoms with E-state index in [1.165, 1.54) is 17.2 Å². The molecule has 1 fully saturated rings. The molecule has 3 aromatic carbocycles. The van der Waals surface area contributed by atoms with Gasteiger partial charge in [-0.1, -0.05) is 42.0 Å². The van der Waals surface area contributed by atoms with Crippen LogP contribution in [0.15, 0.2) is 72.8 Å².